The van der Waals surface area contributed by atoms with Crippen LogP contribution in [0.4, 0.5) is 17.3 Å². The minimum Gasteiger partial charge on any atom is -0.381 e. The summed E-state index contributed by atoms with van der Waals surface area (Å²) >= 11 is 0. The van der Waals surface area contributed by atoms with Crippen molar-refractivity contribution in [2.75, 3.05) is 31.9 Å². The minimum absolute atomic E-state index is 0.0771. The number of hydrogen-bond acceptors (Lipinski definition) is 8. The third-order valence-corrected chi connectivity index (χ3v) is 8.02. The van der Waals surface area contributed by atoms with E-state index in [1.807, 2.05) is 19.2 Å². The molecule has 0 radical (unpaired) electrons. The summed E-state index contributed by atoms with van der Waals surface area (Å²) in [6, 6.07) is 5.44. The van der Waals surface area contributed by atoms with Crippen LogP contribution in [0.15, 0.2) is 35.4 Å². The lowest BCUT2D eigenvalue weighted by molar-refractivity contribution is -0.0828. The lowest BCUT2D eigenvalue weighted by Crippen LogP contribution is -2.59. The second-order valence-electron chi connectivity index (χ2n) is 10.1. The molecule has 0 saturated heterocycles. The number of ether oxygens (including phenoxy) is 2. The zero-order chi connectivity index (χ0) is 26.2. The van der Waals surface area contributed by atoms with E-state index in [4.69, 9.17) is 9.47 Å². The highest BCUT2D eigenvalue weighted by Crippen LogP contribution is 2.35. The lowest BCUT2D eigenvalue weighted by Gasteiger charge is -2.45. The molecule has 11 nitrogen and oxygen atoms in total. The predicted molar refractivity (Wildman–Crippen MR) is 141 cm³/mol. The summed E-state index contributed by atoms with van der Waals surface area (Å²) in [7, 11) is 5.17. The number of hydrogen-bond donors (Lipinski definition) is 3. The number of amides is 1. The fourth-order valence-electron chi connectivity index (χ4n) is 5.36. The Balaban J connectivity index is 1.41. The third kappa shape index (κ3) is 4.69. The number of nitrogens with one attached hydrogen (secondary N) is 3. The first-order valence-corrected chi connectivity index (χ1v) is 12.8. The topological polar surface area (TPSA) is 124 Å². The van der Waals surface area contributed by atoms with Gasteiger partial charge in [0.1, 0.15) is 22.9 Å². The Kier molecular flexibility index (Phi) is 6.91. The molecule has 3 heterocycles. The Morgan fingerprint density at radius 1 is 1.19 bits per heavy atom. The number of aromatic nitrogens is 4. The molecule has 3 aromatic rings. The third-order valence-electron chi connectivity index (χ3n) is 8.02. The molecule has 0 unspecified atom stereocenters. The van der Waals surface area contributed by atoms with E-state index in [1.165, 1.54) is 6.20 Å². The summed E-state index contributed by atoms with van der Waals surface area (Å²) in [6.45, 7) is 1.99. The molecule has 2 aliphatic rings. The fourth-order valence-corrected chi connectivity index (χ4v) is 5.36. The van der Waals surface area contributed by atoms with Gasteiger partial charge in [0, 0.05) is 39.6 Å². The number of carbonyl (C=O) groups excluding carboxylic acids is 1. The first-order valence-electron chi connectivity index (χ1n) is 12.8. The standard InChI is InChI=1S/C26H35N7O4/c1-26(37-4)12-11-20(26)30-24(34)18-15-28-33-22(27-2)14-21(31-23(18)33)29-19-6-5-13-32(25(19)35)16-7-9-17(36-3)10-8-16/h5-6,13-17,20,27H,7-12H2,1-4H3,(H,29,31)(H,30,34)/t16-,17+,20-,26-/m0/s1. The van der Waals surface area contributed by atoms with Crippen molar-refractivity contribution in [1.82, 2.24) is 24.5 Å². The van der Waals surface area contributed by atoms with Crippen LogP contribution in [-0.2, 0) is 9.47 Å². The van der Waals surface area contributed by atoms with Gasteiger partial charge in [-0.25, -0.2) is 4.98 Å². The molecule has 198 valence electrons. The Morgan fingerprint density at radius 2 is 1.97 bits per heavy atom. The maximum absolute atomic E-state index is 13.3. The van der Waals surface area contributed by atoms with Crippen molar-refractivity contribution in [3.8, 4) is 0 Å². The van der Waals surface area contributed by atoms with Gasteiger partial charge in [-0.3, -0.25) is 9.59 Å². The molecule has 0 bridgehead atoms. The number of carbonyl (C=O) groups is 1. The molecule has 1 amide bonds. The van der Waals surface area contributed by atoms with Crippen molar-refractivity contribution < 1.29 is 14.3 Å². The molecule has 2 saturated carbocycles. The molecule has 2 aliphatic carbocycles. The molecule has 0 aliphatic heterocycles. The minimum atomic E-state index is -0.370. The summed E-state index contributed by atoms with van der Waals surface area (Å²) in [5.74, 6) is 0.809. The lowest BCUT2D eigenvalue weighted by atomic mass is 9.76. The first-order chi connectivity index (χ1) is 17.9. The number of rotatable bonds is 8. The van der Waals surface area contributed by atoms with E-state index in [-0.39, 0.29) is 35.3 Å². The van der Waals surface area contributed by atoms with Gasteiger partial charge < -0.3 is 30.0 Å². The highest BCUT2D eigenvalue weighted by atomic mass is 16.5. The van der Waals surface area contributed by atoms with E-state index < -0.39 is 0 Å². The number of methoxy groups -OCH3 is 2. The molecule has 0 spiro atoms. The van der Waals surface area contributed by atoms with Crippen molar-refractivity contribution in [2.24, 2.45) is 0 Å². The monoisotopic (exact) mass is 509 g/mol. The maximum atomic E-state index is 13.3. The van der Waals surface area contributed by atoms with Gasteiger partial charge in [0.15, 0.2) is 5.65 Å². The van der Waals surface area contributed by atoms with E-state index in [0.29, 0.717) is 28.5 Å². The van der Waals surface area contributed by atoms with Gasteiger partial charge >= 0.3 is 0 Å². The second-order valence-corrected chi connectivity index (χ2v) is 10.1. The van der Waals surface area contributed by atoms with Gasteiger partial charge in [0.2, 0.25) is 0 Å². The summed E-state index contributed by atoms with van der Waals surface area (Å²) < 4.78 is 14.4. The van der Waals surface area contributed by atoms with Crippen LogP contribution < -0.4 is 21.5 Å². The number of fused-ring (bicyclic) bond motifs is 1. The van der Waals surface area contributed by atoms with Gasteiger partial charge in [-0.05, 0) is 57.6 Å². The average Bonchev–Trinajstić information content (AvgIpc) is 3.35. The number of pyridine rings is 1. The van der Waals surface area contributed by atoms with E-state index >= 15 is 0 Å². The van der Waals surface area contributed by atoms with Crippen molar-refractivity contribution >= 4 is 28.9 Å². The Bertz CT molecular complexity index is 1340. The van der Waals surface area contributed by atoms with Crippen LogP contribution in [0, 0.1) is 0 Å². The quantitative estimate of drug-likeness (QED) is 0.423. The highest BCUT2D eigenvalue weighted by molar-refractivity contribution is 6.00. The molecular formula is C26H35N7O4. The van der Waals surface area contributed by atoms with Crippen LogP contribution in [0.25, 0.3) is 5.65 Å². The Hall–Kier alpha value is -3.44. The fraction of sp³-hybridized carbons (Fsp3) is 0.538. The molecule has 5 rings (SSSR count). The van der Waals surface area contributed by atoms with Crippen LogP contribution in [0.5, 0.6) is 0 Å². The van der Waals surface area contributed by atoms with Crippen LogP contribution >= 0.6 is 0 Å². The molecule has 2 atom stereocenters. The molecule has 2 fully saturated rings. The Morgan fingerprint density at radius 3 is 2.62 bits per heavy atom. The zero-order valence-corrected chi connectivity index (χ0v) is 21.8. The molecular weight excluding hydrogens is 474 g/mol. The molecule has 3 N–H and O–H groups in total. The largest absolute Gasteiger partial charge is 0.381 e. The summed E-state index contributed by atoms with van der Waals surface area (Å²) in [5, 5.41) is 13.7. The number of nitrogens with zero attached hydrogens (tertiary/aromatic N) is 4. The Labute approximate surface area is 215 Å². The van der Waals surface area contributed by atoms with Gasteiger partial charge in [-0.15, -0.1) is 0 Å². The number of anilines is 3. The zero-order valence-electron chi connectivity index (χ0n) is 21.8. The maximum Gasteiger partial charge on any atom is 0.274 e. The highest BCUT2D eigenvalue weighted by Gasteiger charge is 2.44. The normalized spacial score (nSPS) is 25.5. The van der Waals surface area contributed by atoms with E-state index in [2.05, 4.69) is 26.0 Å². The van der Waals surface area contributed by atoms with E-state index in [0.717, 1.165) is 38.5 Å². The average molecular weight is 510 g/mol. The van der Waals surface area contributed by atoms with Gasteiger partial charge in [0.25, 0.3) is 11.5 Å². The van der Waals surface area contributed by atoms with Crippen LogP contribution in [0.2, 0.25) is 0 Å². The predicted octanol–water partition coefficient (Wildman–Crippen LogP) is 3.10. The van der Waals surface area contributed by atoms with Gasteiger partial charge in [-0.2, -0.15) is 9.61 Å². The first kappa shape index (κ1) is 25.2. The van der Waals surface area contributed by atoms with Crippen molar-refractivity contribution in [3.05, 3.63) is 46.5 Å². The summed E-state index contributed by atoms with van der Waals surface area (Å²) in [5.41, 5.74) is 0.688. The van der Waals surface area contributed by atoms with Gasteiger partial charge in [0.05, 0.1) is 23.9 Å². The second kappa shape index (κ2) is 10.1. The van der Waals surface area contributed by atoms with Crippen molar-refractivity contribution in [1.29, 1.82) is 0 Å². The summed E-state index contributed by atoms with van der Waals surface area (Å²) in [4.78, 5) is 31.2. The van der Waals surface area contributed by atoms with Crippen LogP contribution in [-0.4, -0.2) is 64.1 Å². The summed E-state index contributed by atoms with van der Waals surface area (Å²) in [6.07, 6.45) is 9.02. The van der Waals surface area contributed by atoms with Crippen LogP contribution in [0.1, 0.15) is 61.8 Å². The molecule has 3 aromatic heterocycles. The van der Waals surface area contributed by atoms with Crippen LogP contribution in [0.3, 0.4) is 0 Å². The van der Waals surface area contributed by atoms with E-state index in [9.17, 15) is 9.59 Å². The molecule has 11 heteroatoms. The smallest absolute Gasteiger partial charge is 0.274 e. The van der Waals surface area contributed by atoms with Gasteiger partial charge in [-0.1, -0.05) is 0 Å². The molecule has 0 aromatic carbocycles. The molecule has 37 heavy (non-hydrogen) atoms. The SMILES string of the molecule is CNc1cc(Nc2cccn([C@H]3CC[C@@H](OC)CC3)c2=O)nc2c(C(=O)N[C@H]3CC[C@]3(C)OC)cnn12. The van der Waals surface area contributed by atoms with Crippen molar-refractivity contribution in [3.63, 3.8) is 0 Å². The van der Waals surface area contributed by atoms with E-state index in [1.54, 1.807) is 42.5 Å². The van der Waals surface area contributed by atoms with Crippen molar-refractivity contribution in [2.45, 2.75) is 69.2 Å².